The molecule has 0 saturated carbocycles. The molecule has 2 atom stereocenters. The van der Waals surface area contributed by atoms with E-state index >= 15 is 0 Å². The SMILES string of the molecule is CC1CCOC(c2ccc(S(C)(=O)=O)c(F)c2)(S(=O)(=O)c2cccc(C(C)C)c2)C1. The quantitative estimate of drug-likeness (QED) is 0.668. The van der Waals surface area contributed by atoms with Crippen molar-refractivity contribution in [1.29, 1.82) is 0 Å². The van der Waals surface area contributed by atoms with E-state index in [1.165, 1.54) is 12.1 Å². The lowest BCUT2D eigenvalue weighted by Crippen LogP contribution is -2.44. The van der Waals surface area contributed by atoms with Crippen molar-refractivity contribution >= 4 is 19.7 Å². The molecule has 1 aliphatic heterocycles. The molecule has 5 nitrogen and oxygen atoms in total. The Kier molecular flexibility index (Phi) is 6.15. The average Bonchev–Trinajstić information content (AvgIpc) is 2.66. The molecule has 30 heavy (non-hydrogen) atoms. The van der Waals surface area contributed by atoms with Crippen molar-refractivity contribution in [2.45, 2.75) is 54.3 Å². The number of sulfone groups is 2. The highest BCUT2D eigenvalue weighted by Crippen LogP contribution is 2.46. The Labute approximate surface area is 178 Å². The maximum Gasteiger partial charge on any atom is 0.212 e. The van der Waals surface area contributed by atoms with Crippen LogP contribution in [0.3, 0.4) is 0 Å². The summed E-state index contributed by atoms with van der Waals surface area (Å²) < 4.78 is 71.9. The van der Waals surface area contributed by atoms with Crippen LogP contribution in [0, 0.1) is 11.7 Å². The first-order valence-electron chi connectivity index (χ1n) is 9.87. The van der Waals surface area contributed by atoms with Gasteiger partial charge >= 0.3 is 0 Å². The van der Waals surface area contributed by atoms with Crippen molar-refractivity contribution in [3.05, 3.63) is 59.4 Å². The number of halogens is 1. The largest absolute Gasteiger partial charge is 0.354 e. The van der Waals surface area contributed by atoms with E-state index in [4.69, 9.17) is 4.74 Å². The van der Waals surface area contributed by atoms with E-state index in [-0.39, 0.29) is 35.3 Å². The van der Waals surface area contributed by atoms with Crippen LogP contribution in [0.25, 0.3) is 0 Å². The number of benzene rings is 2. The highest BCUT2D eigenvalue weighted by atomic mass is 32.2. The molecular formula is C22H27FO5S2. The monoisotopic (exact) mass is 454 g/mol. The molecule has 0 bridgehead atoms. The molecule has 2 unspecified atom stereocenters. The summed E-state index contributed by atoms with van der Waals surface area (Å²) in [6.45, 7) is 6.08. The van der Waals surface area contributed by atoms with Crippen LogP contribution >= 0.6 is 0 Å². The van der Waals surface area contributed by atoms with E-state index in [9.17, 15) is 21.2 Å². The second-order valence-corrected chi connectivity index (χ2v) is 12.5. The fourth-order valence-electron chi connectivity index (χ4n) is 3.86. The van der Waals surface area contributed by atoms with Crippen molar-refractivity contribution in [2.24, 2.45) is 5.92 Å². The molecule has 2 aromatic rings. The highest BCUT2D eigenvalue weighted by molar-refractivity contribution is 7.92. The maximum absolute atomic E-state index is 14.7. The molecule has 8 heteroatoms. The number of hydrogen-bond acceptors (Lipinski definition) is 5. The summed E-state index contributed by atoms with van der Waals surface area (Å²) in [5.74, 6) is -0.824. The minimum Gasteiger partial charge on any atom is -0.354 e. The third kappa shape index (κ3) is 4.05. The van der Waals surface area contributed by atoms with Crippen molar-refractivity contribution in [2.75, 3.05) is 12.9 Å². The Morgan fingerprint density at radius 2 is 1.80 bits per heavy atom. The Morgan fingerprint density at radius 1 is 1.10 bits per heavy atom. The highest BCUT2D eigenvalue weighted by Gasteiger charge is 2.50. The van der Waals surface area contributed by atoms with Crippen molar-refractivity contribution in [1.82, 2.24) is 0 Å². The summed E-state index contributed by atoms with van der Waals surface area (Å²) in [5, 5.41) is 0. The second-order valence-electron chi connectivity index (χ2n) is 8.35. The van der Waals surface area contributed by atoms with Crippen LogP contribution in [0.1, 0.15) is 50.7 Å². The van der Waals surface area contributed by atoms with Gasteiger partial charge in [-0.05, 0) is 54.5 Å². The van der Waals surface area contributed by atoms with E-state index in [1.54, 1.807) is 12.1 Å². The maximum atomic E-state index is 14.7. The van der Waals surface area contributed by atoms with Gasteiger partial charge < -0.3 is 4.74 Å². The smallest absolute Gasteiger partial charge is 0.212 e. The summed E-state index contributed by atoms with van der Waals surface area (Å²) >= 11 is 0. The van der Waals surface area contributed by atoms with E-state index in [2.05, 4.69) is 0 Å². The Hall–Kier alpha value is -1.77. The third-order valence-electron chi connectivity index (χ3n) is 5.60. The molecule has 1 heterocycles. The topological polar surface area (TPSA) is 77.5 Å². The van der Waals surface area contributed by atoms with Gasteiger partial charge in [-0.1, -0.05) is 39.0 Å². The van der Waals surface area contributed by atoms with Crippen molar-refractivity contribution in [3.8, 4) is 0 Å². The predicted molar refractivity (Wildman–Crippen MR) is 113 cm³/mol. The zero-order valence-corrected chi connectivity index (χ0v) is 19.2. The average molecular weight is 455 g/mol. The number of ether oxygens (including phenoxy) is 1. The summed E-state index contributed by atoms with van der Waals surface area (Å²) in [7, 11) is -7.85. The first kappa shape index (κ1) is 22.9. The molecule has 1 fully saturated rings. The van der Waals surface area contributed by atoms with Gasteiger partial charge in [0.05, 0.1) is 4.90 Å². The van der Waals surface area contributed by atoms with Crippen LogP contribution in [0.2, 0.25) is 0 Å². The van der Waals surface area contributed by atoms with Gasteiger partial charge in [-0.2, -0.15) is 0 Å². The lowest BCUT2D eigenvalue weighted by molar-refractivity contribution is -0.0413. The molecule has 1 aliphatic rings. The van der Waals surface area contributed by atoms with Gasteiger partial charge in [0.15, 0.2) is 14.8 Å². The Bertz CT molecular complexity index is 1160. The Morgan fingerprint density at radius 3 is 2.37 bits per heavy atom. The summed E-state index contributed by atoms with van der Waals surface area (Å²) in [6, 6.07) is 10.2. The van der Waals surface area contributed by atoms with E-state index in [1.807, 2.05) is 26.8 Å². The predicted octanol–water partition coefficient (Wildman–Crippen LogP) is 4.43. The zero-order valence-electron chi connectivity index (χ0n) is 17.6. The lowest BCUT2D eigenvalue weighted by Gasteiger charge is -2.40. The van der Waals surface area contributed by atoms with E-state index in [0.717, 1.165) is 24.0 Å². The van der Waals surface area contributed by atoms with Crippen LogP contribution in [-0.4, -0.2) is 29.7 Å². The molecule has 0 spiro atoms. The van der Waals surface area contributed by atoms with Gasteiger partial charge in [-0.3, -0.25) is 0 Å². The fraction of sp³-hybridized carbons (Fsp3) is 0.455. The molecule has 3 rings (SSSR count). The van der Waals surface area contributed by atoms with Gasteiger partial charge in [0.25, 0.3) is 0 Å². The van der Waals surface area contributed by atoms with Crippen LogP contribution in [0.5, 0.6) is 0 Å². The summed E-state index contributed by atoms with van der Waals surface area (Å²) in [5.41, 5.74) is 0.975. The van der Waals surface area contributed by atoms with Crippen molar-refractivity contribution < 1.29 is 26.0 Å². The molecule has 0 aliphatic carbocycles. The summed E-state index contributed by atoms with van der Waals surface area (Å²) in [6.07, 6.45) is 1.75. The molecule has 0 radical (unpaired) electrons. The van der Waals surface area contributed by atoms with Crippen LogP contribution in [-0.2, 0) is 29.3 Å². The molecule has 0 N–H and O–H groups in total. The summed E-state index contributed by atoms with van der Waals surface area (Å²) in [4.78, 5) is -2.14. The first-order valence-corrected chi connectivity index (χ1v) is 13.2. The minimum absolute atomic E-state index is 0.0273. The van der Waals surface area contributed by atoms with Crippen LogP contribution in [0.15, 0.2) is 52.3 Å². The van der Waals surface area contributed by atoms with Crippen LogP contribution in [0.4, 0.5) is 4.39 Å². The van der Waals surface area contributed by atoms with E-state index < -0.39 is 35.3 Å². The van der Waals surface area contributed by atoms with Gasteiger partial charge in [0, 0.05) is 18.4 Å². The number of rotatable bonds is 5. The minimum atomic E-state index is -4.07. The van der Waals surface area contributed by atoms with Gasteiger partial charge in [-0.15, -0.1) is 0 Å². The second kappa shape index (κ2) is 8.05. The molecule has 0 amide bonds. The molecule has 2 aromatic carbocycles. The van der Waals surface area contributed by atoms with Crippen molar-refractivity contribution in [3.63, 3.8) is 0 Å². The fourth-order valence-corrected chi connectivity index (χ4v) is 6.70. The van der Waals surface area contributed by atoms with Gasteiger partial charge in [-0.25, -0.2) is 21.2 Å². The zero-order chi connectivity index (χ0) is 22.3. The molecular weight excluding hydrogens is 427 g/mol. The van der Waals surface area contributed by atoms with Gasteiger partial charge in [0.2, 0.25) is 9.84 Å². The van der Waals surface area contributed by atoms with E-state index in [0.29, 0.717) is 6.42 Å². The molecule has 164 valence electrons. The lowest BCUT2D eigenvalue weighted by atomic mass is 9.93. The first-order chi connectivity index (χ1) is 13.9. The third-order valence-corrected chi connectivity index (χ3v) is 9.00. The number of hydrogen-bond donors (Lipinski definition) is 0. The standard InChI is InChI=1S/C22H27FO5S2/c1-15(2)17-6-5-7-19(12-17)30(26,27)22(14-16(3)10-11-28-22)18-8-9-21(20(23)13-18)29(4,24)25/h5-9,12-13,15-16H,10-11,14H2,1-4H3. The Balaban J connectivity index is 2.23. The molecule has 1 saturated heterocycles. The van der Waals surface area contributed by atoms with Crippen LogP contribution < -0.4 is 0 Å². The van der Waals surface area contributed by atoms with Gasteiger partial charge in [0.1, 0.15) is 10.7 Å². The molecule has 0 aromatic heterocycles. The normalized spacial score (nSPS) is 22.9.